The summed E-state index contributed by atoms with van der Waals surface area (Å²) < 4.78 is 8.32. The van der Waals surface area contributed by atoms with Crippen LogP contribution in [-0.2, 0) is 12.8 Å². The summed E-state index contributed by atoms with van der Waals surface area (Å²) in [5.74, 6) is 0.792. The van der Waals surface area contributed by atoms with Crippen molar-refractivity contribution in [1.82, 2.24) is 4.57 Å². The number of aliphatic imine (C=N–C) groups is 1. The van der Waals surface area contributed by atoms with Crippen LogP contribution in [0.3, 0.4) is 0 Å². The summed E-state index contributed by atoms with van der Waals surface area (Å²) in [5, 5.41) is 21.6. The van der Waals surface area contributed by atoms with Crippen molar-refractivity contribution in [3.05, 3.63) is 78.3 Å². The number of allylic oxidation sites excluding steroid dienone is 1. The lowest BCUT2D eigenvalue weighted by Crippen LogP contribution is -2.34. The van der Waals surface area contributed by atoms with E-state index >= 15 is 0 Å². The Balaban J connectivity index is 1.83. The van der Waals surface area contributed by atoms with Crippen LogP contribution in [0, 0.1) is 6.92 Å². The lowest BCUT2D eigenvalue weighted by atomic mass is 10.00. The maximum atomic E-state index is 10.8. The van der Waals surface area contributed by atoms with Gasteiger partial charge in [-0.3, -0.25) is 4.99 Å². The summed E-state index contributed by atoms with van der Waals surface area (Å²) in [4.78, 5) is 4.27. The van der Waals surface area contributed by atoms with E-state index in [-0.39, 0.29) is 6.04 Å². The third kappa shape index (κ3) is 4.68. The monoisotopic (exact) mass is 422 g/mol. The first-order valence-electron chi connectivity index (χ1n) is 11.0. The highest BCUT2D eigenvalue weighted by Gasteiger charge is 2.44. The van der Waals surface area contributed by atoms with E-state index < -0.39 is 18.3 Å². The largest absolute Gasteiger partial charge is 0.487 e. The van der Waals surface area contributed by atoms with Crippen molar-refractivity contribution in [1.29, 1.82) is 0 Å². The Bertz CT molecular complexity index is 960. The molecule has 1 heterocycles. The number of aromatic nitrogens is 1. The molecule has 0 spiro atoms. The van der Waals surface area contributed by atoms with Crippen molar-refractivity contribution in [2.24, 2.45) is 4.99 Å². The molecule has 0 unspecified atom stereocenters. The number of aliphatic hydroxyl groups excluding tert-OH is 2. The average Bonchev–Trinajstić information content (AvgIpc) is 3.27. The van der Waals surface area contributed by atoms with Crippen LogP contribution < -0.4 is 4.74 Å². The quantitative estimate of drug-likeness (QED) is 0.460. The lowest BCUT2D eigenvalue weighted by Gasteiger charge is -2.21. The van der Waals surface area contributed by atoms with Gasteiger partial charge < -0.3 is 19.5 Å². The van der Waals surface area contributed by atoms with Crippen molar-refractivity contribution >= 4 is 5.71 Å². The Morgan fingerprint density at radius 1 is 1.26 bits per heavy atom. The van der Waals surface area contributed by atoms with Crippen LogP contribution in [0.25, 0.3) is 0 Å². The summed E-state index contributed by atoms with van der Waals surface area (Å²) in [5.41, 5.74) is 5.28. The van der Waals surface area contributed by atoms with E-state index in [1.165, 1.54) is 11.8 Å². The fraction of sp³-hybridized carbons (Fsp3) is 0.423. The molecule has 2 aromatic rings. The van der Waals surface area contributed by atoms with E-state index in [1.807, 2.05) is 48.9 Å². The fourth-order valence-corrected chi connectivity index (χ4v) is 4.61. The fourth-order valence-electron chi connectivity index (χ4n) is 4.61. The number of benzene rings is 1. The third-order valence-electron chi connectivity index (χ3n) is 6.29. The second-order valence-electron chi connectivity index (χ2n) is 8.13. The van der Waals surface area contributed by atoms with E-state index in [4.69, 9.17) is 4.74 Å². The number of nitrogens with zero attached hydrogens (tertiary/aromatic N) is 2. The molecule has 1 aromatic carbocycles. The third-order valence-corrected chi connectivity index (χ3v) is 6.29. The highest BCUT2D eigenvalue weighted by atomic mass is 16.5. The summed E-state index contributed by atoms with van der Waals surface area (Å²) in [7, 11) is 0. The number of aliphatic hydroxyl groups is 2. The van der Waals surface area contributed by atoms with Crippen LogP contribution in [0.2, 0.25) is 0 Å². The Kier molecular flexibility index (Phi) is 7.52. The molecule has 1 aromatic heterocycles. The van der Waals surface area contributed by atoms with Crippen molar-refractivity contribution in [2.45, 2.75) is 70.8 Å². The predicted octanol–water partition coefficient (Wildman–Crippen LogP) is 4.54. The van der Waals surface area contributed by atoms with Crippen molar-refractivity contribution in [3.8, 4) is 5.75 Å². The van der Waals surface area contributed by atoms with E-state index in [0.717, 1.165) is 47.5 Å². The predicted molar refractivity (Wildman–Crippen MR) is 126 cm³/mol. The Morgan fingerprint density at radius 2 is 2.03 bits per heavy atom. The average molecular weight is 423 g/mol. The van der Waals surface area contributed by atoms with Crippen molar-refractivity contribution in [3.63, 3.8) is 0 Å². The van der Waals surface area contributed by atoms with Crippen LogP contribution in [-0.4, -0.2) is 38.8 Å². The Morgan fingerprint density at radius 3 is 2.71 bits per heavy atom. The maximum absolute atomic E-state index is 10.8. The second kappa shape index (κ2) is 10.1. The van der Waals surface area contributed by atoms with Gasteiger partial charge in [0.1, 0.15) is 24.1 Å². The number of ether oxygens (including phenoxy) is 1. The smallest absolute Gasteiger partial charge is 0.129 e. The van der Waals surface area contributed by atoms with Gasteiger partial charge in [-0.1, -0.05) is 31.7 Å². The van der Waals surface area contributed by atoms with E-state index in [9.17, 15) is 10.2 Å². The Labute approximate surface area is 185 Å². The zero-order valence-corrected chi connectivity index (χ0v) is 18.8. The molecule has 5 nitrogen and oxygen atoms in total. The number of rotatable bonds is 9. The van der Waals surface area contributed by atoms with Gasteiger partial charge in [0.05, 0.1) is 6.04 Å². The molecule has 0 saturated heterocycles. The van der Waals surface area contributed by atoms with Gasteiger partial charge in [-0.25, -0.2) is 0 Å². The molecule has 0 amide bonds. The number of aryl methyl sites for hydroxylation is 1. The zero-order chi connectivity index (χ0) is 22.5. The zero-order valence-electron chi connectivity index (χ0n) is 18.8. The number of hydrogen-bond acceptors (Lipinski definition) is 4. The molecule has 4 atom stereocenters. The molecule has 166 valence electrons. The number of hydrogen-bond donors (Lipinski definition) is 2. The molecule has 5 heteroatoms. The van der Waals surface area contributed by atoms with Gasteiger partial charge in [0.15, 0.2) is 0 Å². The first-order chi connectivity index (χ1) is 14.9. The van der Waals surface area contributed by atoms with E-state index in [0.29, 0.717) is 6.42 Å². The molecule has 1 fully saturated rings. The molecule has 1 saturated carbocycles. The lowest BCUT2D eigenvalue weighted by molar-refractivity contribution is -0.0169. The minimum absolute atomic E-state index is 0.265. The molecule has 0 bridgehead atoms. The summed E-state index contributed by atoms with van der Waals surface area (Å²) in [6.45, 7) is 13.5. The van der Waals surface area contributed by atoms with Crippen LogP contribution in [0.1, 0.15) is 55.1 Å². The normalized spacial score (nSPS) is 23.7. The van der Waals surface area contributed by atoms with Crippen LogP contribution >= 0.6 is 0 Å². The van der Waals surface area contributed by atoms with Gasteiger partial charge in [0.25, 0.3) is 0 Å². The van der Waals surface area contributed by atoms with Gasteiger partial charge >= 0.3 is 0 Å². The maximum Gasteiger partial charge on any atom is 0.129 e. The first-order valence-corrected chi connectivity index (χ1v) is 11.0. The summed E-state index contributed by atoms with van der Waals surface area (Å²) in [6.07, 6.45) is 6.24. The molecule has 1 aliphatic carbocycles. The minimum Gasteiger partial charge on any atom is -0.487 e. The molecule has 2 N–H and O–H groups in total. The van der Waals surface area contributed by atoms with Crippen LogP contribution in [0.5, 0.6) is 5.75 Å². The van der Waals surface area contributed by atoms with E-state index in [2.05, 4.69) is 31.1 Å². The van der Waals surface area contributed by atoms with E-state index in [1.54, 1.807) is 0 Å². The van der Waals surface area contributed by atoms with Crippen molar-refractivity contribution in [2.75, 3.05) is 0 Å². The minimum atomic E-state index is -0.959. The van der Waals surface area contributed by atoms with Gasteiger partial charge in [0, 0.05) is 35.8 Å². The van der Waals surface area contributed by atoms with Crippen LogP contribution in [0.15, 0.2) is 60.9 Å². The molecule has 0 aliphatic heterocycles. The van der Waals surface area contributed by atoms with Gasteiger partial charge in [0.2, 0.25) is 0 Å². The highest BCUT2D eigenvalue weighted by Crippen LogP contribution is 2.36. The molecule has 31 heavy (non-hydrogen) atoms. The van der Waals surface area contributed by atoms with Gasteiger partial charge in [-0.15, -0.1) is 6.58 Å². The molecule has 0 radical (unpaired) electrons. The van der Waals surface area contributed by atoms with Crippen molar-refractivity contribution < 1.29 is 14.9 Å². The first kappa shape index (κ1) is 23.0. The SMILES string of the molecule is C=CCCc1cccc(O[C@H]2C[C@@H](n3ccc(/C(C)=N\C=C)c3C)[C@H](O)[C@@H]2O)c1CC. The summed E-state index contributed by atoms with van der Waals surface area (Å²) >= 11 is 0. The molecular weight excluding hydrogens is 388 g/mol. The molecular formula is C26H34N2O3. The standard InChI is InChI=1S/C26H34N2O3/c1-6-9-11-19-12-10-13-23(20(19)7-2)31-24-16-22(25(29)26(24)30)28-15-14-21(18(28)5)17(4)27-8-3/h6,8,10,12-15,22,24-26,29-30H,1,3,7,9,11,16H2,2,4-5H3/b27-17-/t22-,24+,25+,26-/m1/s1. The highest BCUT2D eigenvalue weighted by molar-refractivity contribution is 6.00. The topological polar surface area (TPSA) is 67.0 Å². The Hall–Kier alpha value is -2.63. The molecule has 1 aliphatic rings. The second-order valence-corrected chi connectivity index (χ2v) is 8.13. The summed E-state index contributed by atoms with van der Waals surface area (Å²) in [6, 6.07) is 7.79. The van der Waals surface area contributed by atoms with Crippen LogP contribution in [0.4, 0.5) is 0 Å². The van der Waals surface area contributed by atoms with Gasteiger partial charge in [-0.05, 0) is 56.4 Å². The molecule has 3 rings (SSSR count). The van der Waals surface area contributed by atoms with Gasteiger partial charge in [-0.2, -0.15) is 0 Å².